The summed E-state index contributed by atoms with van der Waals surface area (Å²) in [4.78, 5) is 0. The molecule has 3 nitrogen and oxygen atoms in total. The van der Waals surface area contributed by atoms with Gasteiger partial charge in [-0.3, -0.25) is 0 Å². The lowest BCUT2D eigenvalue weighted by Crippen LogP contribution is -2.13. The third-order valence-corrected chi connectivity index (χ3v) is 5.21. The van der Waals surface area contributed by atoms with Crippen molar-refractivity contribution < 1.29 is 13.2 Å². The molecule has 0 aliphatic heterocycles. The van der Waals surface area contributed by atoms with Crippen LogP contribution >= 0.6 is 11.8 Å². The maximum absolute atomic E-state index is 13.0. The largest absolute Gasteiger partial charge is 0.451 e. The van der Waals surface area contributed by atoms with Gasteiger partial charge in [0.1, 0.15) is 0 Å². The van der Waals surface area contributed by atoms with Crippen molar-refractivity contribution in [3.63, 3.8) is 0 Å². The summed E-state index contributed by atoms with van der Waals surface area (Å²) in [5, 5.41) is 7.13. The predicted octanol–water partition coefficient (Wildman–Crippen LogP) is 5.02. The van der Waals surface area contributed by atoms with E-state index in [1.54, 1.807) is 0 Å². The smallest absolute Gasteiger partial charge is 0.302 e. The molecule has 1 aromatic heterocycles. The third kappa shape index (κ3) is 3.71. The number of rotatable bonds is 4. The lowest BCUT2D eigenvalue weighted by molar-refractivity contribution is -0.147. The molecule has 0 N–H and O–H groups in total. The Labute approximate surface area is 147 Å². The Morgan fingerprint density at radius 2 is 1.60 bits per heavy atom. The Bertz CT molecular complexity index is 860. The topological polar surface area (TPSA) is 30.7 Å². The molecule has 0 amide bonds. The van der Waals surface area contributed by atoms with Crippen LogP contribution in [-0.2, 0) is 13.2 Å². The summed E-state index contributed by atoms with van der Waals surface area (Å²) < 4.78 is 39.9. The predicted molar refractivity (Wildman–Crippen MR) is 91.3 cm³/mol. The average Bonchev–Trinajstić information content (AvgIpc) is 2.95. The van der Waals surface area contributed by atoms with Crippen molar-refractivity contribution in [2.24, 2.45) is 7.05 Å². The number of thioether (sulfide) groups is 1. The molecule has 0 saturated heterocycles. The summed E-state index contributed by atoms with van der Waals surface area (Å²) in [5.41, 5.74) is 3.11. The second-order valence-electron chi connectivity index (χ2n) is 5.63. The molecule has 3 rings (SSSR count). The van der Waals surface area contributed by atoms with E-state index in [0.717, 1.165) is 21.3 Å². The molecule has 7 heteroatoms. The van der Waals surface area contributed by atoms with Crippen LogP contribution in [0.4, 0.5) is 13.2 Å². The molecular formula is C18H16F3N3S. The van der Waals surface area contributed by atoms with Crippen molar-refractivity contribution in [1.29, 1.82) is 0 Å². The number of benzene rings is 2. The summed E-state index contributed by atoms with van der Waals surface area (Å²) in [6.07, 6.45) is -4.52. The van der Waals surface area contributed by atoms with E-state index in [9.17, 15) is 13.2 Å². The number of hydrogen-bond donors (Lipinski definition) is 0. The van der Waals surface area contributed by atoms with Gasteiger partial charge in [0.05, 0.1) is 5.25 Å². The molecule has 130 valence electrons. The Morgan fingerprint density at radius 3 is 2.20 bits per heavy atom. The van der Waals surface area contributed by atoms with Crippen molar-refractivity contribution in [3.05, 3.63) is 77.1 Å². The highest BCUT2D eigenvalue weighted by molar-refractivity contribution is 7.99. The van der Waals surface area contributed by atoms with Crippen LogP contribution in [0, 0.1) is 6.92 Å². The van der Waals surface area contributed by atoms with Gasteiger partial charge < -0.3 is 4.57 Å². The van der Waals surface area contributed by atoms with E-state index in [0.29, 0.717) is 0 Å². The fourth-order valence-electron chi connectivity index (χ4n) is 2.59. The first kappa shape index (κ1) is 17.5. The minimum Gasteiger partial charge on any atom is -0.302 e. The van der Waals surface area contributed by atoms with E-state index < -0.39 is 12.0 Å². The summed E-state index contributed by atoms with van der Waals surface area (Å²) in [6.45, 7) is 1.99. The van der Waals surface area contributed by atoms with Crippen molar-refractivity contribution in [2.75, 3.05) is 0 Å². The van der Waals surface area contributed by atoms with Crippen LogP contribution in [0.1, 0.15) is 27.8 Å². The average molecular weight is 363 g/mol. The standard InChI is InChI=1S/C18H16F3N3S/c1-12-8-6-7-11-14(12)15(13-9-4-3-5-10-13)25-17-23-22-16(24(17)2)18(19,20)21/h3-11,15H,1-2H3/t15-/m1/s1. The molecule has 1 atom stereocenters. The van der Waals surface area contributed by atoms with Gasteiger partial charge in [-0.2, -0.15) is 13.2 Å². The molecule has 0 unspecified atom stereocenters. The van der Waals surface area contributed by atoms with E-state index in [4.69, 9.17) is 0 Å². The first-order valence-electron chi connectivity index (χ1n) is 7.61. The molecule has 3 aromatic rings. The zero-order valence-electron chi connectivity index (χ0n) is 13.7. The second kappa shape index (κ2) is 6.92. The van der Waals surface area contributed by atoms with Crippen LogP contribution < -0.4 is 0 Å². The third-order valence-electron chi connectivity index (χ3n) is 3.88. The van der Waals surface area contributed by atoms with Crippen molar-refractivity contribution >= 4 is 11.8 Å². The van der Waals surface area contributed by atoms with Gasteiger partial charge in [-0.15, -0.1) is 10.2 Å². The second-order valence-corrected chi connectivity index (χ2v) is 6.70. The first-order chi connectivity index (χ1) is 11.9. The molecule has 25 heavy (non-hydrogen) atoms. The Kier molecular flexibility index (Phi) is 4.85. The fourth-order valence-corrected chi connectivity index (χ4v) is 3.82. The Balaban J connectivity index is 2.03. The molecule has 0 saturated carbocycles. The van der Waals surface area contributed by atoms with Crippen molar-refractivity contribution in [3.8, 4) is 0 Å². The SMILES string of the molecule is Cc1ccccc1[C@H](Sc1nnc(C(F)(F)F)n1C)c1ccccc1. The minimum atomic E-state index is -4.52. The Hall–Kier alpha value is -2.28. The zero-order chi connectivity index (χ0) is 18.0. The van der Waals surface area contributed by atoms with E-state index in [2.05, 4.69) is 10.2 Å². The van der Waals surface area contributed by atoms with Crippen LogP contribution in [0.5, 0.6) is 0 Å². The van der Waals surface area contributed by atoms with E-state index in [-0.39, 0.29) is 10.4 Å². The quantitative estimate of drug-likeness (QED) is 0.610. The summed E-state index contributed by atoms with van der Waals surface area (Å²) in [6, 6.07) is 17.5. The number of aromatic nitrogens is 3. The minimum absolute atomic E-state index is 0.175. The highest BCUT2D eigenvalue weighted by Crippen LogP contribution is 2.41. The fraction of sp³-hybridized carbons (Fsp3) is 0.222. The molecule has 2 aromatic carbocycles. The number of alkyl halides is 3. The number of halogens is 3. The normalized spacial score (nSPS) is 13.0. The van der Waals surface area contributed by atoms with Gasteiger partial charge in [0.15, 0.2) is 5.16 Å². The maximum Gasteiger partial charge on any atom is 0.451 e. The lowest BCUT2D eigenvalue weighted by atomic mass is 10.0. The number of nitrogens with zero attached hydrogens (tertiary/aromatic N) is 3. The van der Waals surface area contributed by atoms with Gasteiger partial charge in [-0.1, -0.05) is 66.4 Å². The first-order valence-corrected chi connectivity index (χ1v) is 8.49. The van der Waals surface area contributed by atoms with Crippen LogP contribution in [0.2, 0.25) is 0 Å². The molecule has 0 fully saturated rings. The molecule has 0 spiro atoms. The monoisotopic (exact) mass is 363 g/mol. The molecule has 0 aliphatic rings. The van der Waals surface area contributed by atoms with Crippen LogP contribution in [0.25, 0.3) is 0 Å². The van der Waals surface area contributed by atoms with Gasteiger partial charge >= 0.3 is 6.18 Å². The van der Waals surface area contributed by atoms with Crippen molar-refractivity contribution in [1.82, 2.24) is 14.8 Å². The molecule has 0 bridgehead atoms. The zero-order valence-corrected chi connectivity index (χ0v) is 14.5. The summed E-state index contributed by atoms with van der Waals surface area (Å²) >= 11 is 1.26. The van der Waals surface area contributed by atoms with E-state index in [1.807, 2.05) is 61.5 Å². The molecular weight excluding hydrogens is 347 g/mol. The number of hydrogen-bond acceptors (Lipinski definition) is 3. The van der Waals surface area contributed by atoms with Gasteiger partial charge in [-0.25, -0.2) is 0 Å². The summed E-state index contributed by atoms with van der Waals surface area (Å²) in [5.74, 6) is -0.994. The van der Waals surface area contributed by atoms with Crippen LogP contribution in [0.3, 0.4) is 0 Å². The number of aryl methyl sites for hydroxylation is 1. The molecule has 0 aliphatic carbocycles. The summed E-state index contributed by atoms with van der Waals surface area (Å²) in [7, 11) is 1.34. The molecule has 1 heterocycles. The highest BCUT2D eigenvalue weighted by Gasteiger charge is 2.38. The molecule has 0 radical (unpaired) electrons. The van der Waals surface area contributed by atoms with Crippen molar-refractivity contribution in [2.45, 2.75) is 23.5 Å². The van der Waals surface area contributed by atoms with Crippen LogP contribution in [-0.4, -0.2) is 14.8 Å². The van der Waals surface area contributed by atoms with Gasteiger partial charge in [0, 0.05) is 7.05 Å². The van der Waals surface area contributed by atoms with Gasteiger partial charge in [-0.05, 0) is 23.6 Å². The maximum atomic E-state index is 13.0. The van der Waals surface area contributed by atoms with E-state index >= 15 is 0 Å². The van der Waals surface area contributed by atoms with Crippen LogP contribution in [0.15, 0.2) is 59.8 Å². The van der Waals surface area contributed by atoms with E-state index in [1.165, 1.54) is 18.8 Å². The highest BCUT2D eigenvalue weighted by atomic mass is 32.2. The van der Waals surface area contributed by atoms with Gasteiger partial charge in [0.2, 0.25) is 5.82 Å². The van der Waals surface area contributed by atoms with Gasteiger partial charge in [0.25, 0.3) is 0 Å². The Morgan fingerprint density at radius 1 is 0.960 bits per heavy atom. The lowest BCUT2D eigenvalue weighted by Gasteiger charge is -2.19.